The van der Waals surface area contributed by atoms with Crippen molar-refractivity contribution in [2.24, 2.45) is 5.92 Å². The summed E-state index contributed by atoms with van der Waals surface area (Å²) in [6.07, 6.45) is 7.89. The van der Waals surface area contributed by atoms with Crippen molar-refractivity contribution < 1.29 is 38.9 Å². The van der Waals surface area contributed by atoms with Crippen LogP contribution in [0, 0.1) is 5.92 Å². The Bertz CT molecular complexity index is 554. The van der Waals surface area contributed by atoms with Crippen LogP contribution in [0.2, 0.25) is 0 Å². The second-order valence-electron chi connectivity index (χ2n) is 6.65. The van der Waals surface area contributed by atoms with Crippen LogP contribution < -0.4 is 0 Å². The first-order valence-electron chi connectivity index (χ1n) is 9.51. The normalized spacial score (nSPS) is 14.3. The molecule has 0 radical (unpaired) electrons. The molecule has 0 rings (SSSR count). The van der Waals surface area contributed by atoms with Gasteiger partial charge in [-0.3, -0.25) is 14.4 Å². The lowest BCUT2D eigenvalue weighted by Gasteiger charge is -2.28. The fraction of sp³-hybridized carbons (Fsp3) is 0.700. The van der Waals surface area contributed by atoms with Crippen molar-refractivity contribution in [1.82, 2.24) is 0 Å². The third-order valence-corrected chi connectivity index (χ3v) is 4.44. The molecule has 2 N–H and O–H groups in total. The Morgan fingerprint density at radius 1 is 1.00 bits per heavy atom. The number of hydrogen-bond donors (Lipinski definition) is 2. The van der Waals surface area contributed by atoms with Gasteiger partial charge in [-0.05, 0) is 12.8 Å². The van der Waals surface area contributed by atoms with Crippen LogP contribution in [0.15, 0.2) is 12.2 Å². The van der Waals surface area contributed by atoms with Gasteiger partial charge < -0.3 is 19.7 Å². The molecule has 0 heterocycles. The fourth-order valence-electron chi connectivity index (χ4n) is 2.75. The molecule has 0 aliphatic heterocycles. The molecule has 2 atom stereocenters. The van der Waals surface area contributed by atoms with Gasteiger partial charge >= 0.3 is 17.9 Å². The number of allylic oxidation sites excluding steroid dienone is 1. The predicted octanol–water partition coefficient (Wildman–Crippen LogP) is 2.42. The van der Waals surface area contributed by atoms with Crippen LogP contribution in [0.1, 0.15) is 64.7 Å². The molecule has 0 aromatic heterocycles. The number of esters is 2. The summed E-state index contributed by atoms with van der Waals surface area (Å²) < 4.78 is 8.88. The molecule has 0 saturated heterocycles. The van der Waals surface area contributed by atoms with Crippen molar-refractivity contribution in [3.63, 3.8) is 0 Å². The Balaban J connectivity index is 4.85. The van der Waals surface area contributed by atoms with Crippen molar-refractivity contribution in [1.29, 1.82) is 0 Å². The molecule has 0 aromatic rings. The Hall–Kier alpha value is -2.22. The van der Waals surface area contributed by atoms with Gasteiger partial charge in [0.15, 0.2) is 5.60 Å². The zero-order valence-corrected chi connectivity index (χ0v) is 16.9. The van der Waals surface area contributed by atoms with Gasteiger partial charge in [0.2, 0.25) is 0 Å². The molecule has 160 valence electrons. The molecule has 0 spiro atoms. The number of Topliss-reactive ketones (excluding diaryl/α,β-unsaturated/α-hetero) is 1. The van der Waals surface area contributed by atoms with Gasteiger partial charge in [0, 0.05) is 12.8 Å². The van der Waals surface area contributed by atoms with Gasteiger partial charge in [-0.2, -0.15) is 0 Å². The Kier molecular flexibility index (Phi) is 12.8. The van der Waals surface area contributed by atoms with Crippen LogP contribution in [-0.4, -0.2) is 53.7 Å². The second-order valence-corrected chi connectivity index (χ2v) is 6.65. The molecule has 0 aliphatic rings. The first-order valence-corrected chi connectivity index (χ1v) is 9.51. The highest BCUT2D eigenvalue weighted by Gasteiger charge is 2.49. The van der Waals surface area contributed by atoms with Crippen molar-refractivity contribution in [2.45, 2.75) is 70.3 Å². The number of hydrogen-bond acceptors (Lipinski definition) is 7. The van der Waals surface area contributed by atoms with Crippen molar-refractivity contribution >= 4 is 23.7 Å². The third kappa shape index (κ3) is 9.12. The number of ether oxygens (including phenoxy) is 2. The van der Waals surface area contributed by atoms with E-state index in [1.54, 1.807) is 0 Å². The highest BCUT2D eigenvalue weighted by atomic mass is 16.5. The van der Waals surface area contributed by atoms with Crippen LogP contribution in [0.3, 0.4) is 0 Å². The van der Waals surface area contributed by atoms with Gasteiger partial charge in [-0.15, -0.1) is 0 Å². The summed E-state index contributed by atoms with van der Waals surface area (Å²) in [6.45, 7) is 2.12. The smallest absolute Gasteiger partial charge is 0.339 e. The topological polar surface area (TPSA) is 127 Å². The molecule has 0 saturated carbocycles. The molecule has 0 fully saturated rings. The van der Waals surface area contributed by atoms with E-state index in [1.807, 2.05) is 0 Å². The number of ketones is 1. The van der Waals surface area contributed by atoms with Crippen molar-refractivity contribution in [2.75, 3.05) is 14.2 Å². The zero-order valence-electron chi connectivity index (χ0n) is 16.9. The third-order valence-electron chi connectivity index (χ3n) is 4.44. The first-order chi connectivity index (χ1) is 13.2. The largest absolute Gasteiger partial charge is 0.481 e. The van der Waals surface area contributed by atoms with Crippen LogP contribution in [0.4, 0.5) is 0 Å². The lowest BCUT2D eigenvalue weighted by Crippen LogP contribution is -2.50. The van der Waals surface area contributed by atoms with E-state index in [9.17, 15) is 29.4 Å². The van der Waals surface area contributed by atoms with E-state index >= 15 is 0 Å². The lowest BCUT2D eigenvalue weighted by molar-refractivity contribution is -0.179. The minimum Gasteiger partial charge on any atom is -0.481 e. The summed E-state index contributed by atoms with van der Waals surface area (Å²) in [5.41, 5.74) is -2.60. The summed E-state index contributed by atoms with van der Waals surface area (Å²) >= 11 is 0. The van der Waals surface area contributed by atoms with E-state index in [0.29, 0.717) is 6.42 Å². The number of carboxylic acid groups (broad SMARTS) is 1. The number of methoxy groups -OCH3 is 2. The summed E-state index contributed by atoms with van der Waals surface area (Å²) in [6, 6.07) is 0. The molecule has 0 aliphatic carbocycles. The van der Waals surface area contributed by atoms with E-state index in [4.69, 9.17) is 0 Å². The number of aliphatic hydroxyl groups is 1. The highest BCUT2D eigenvalue weighted by molar-refractivity contribution is 5.91. The Morgan fingerprint density at radius 2 is 1.64 bits per heavy atom. The molecule has 8 nitrogen and oxygen atoms in total. The number of unbranched alkanes of at least 4 members (excludes halogenated alkanes) is 4. The number of rotatable bonds is 15. The highest BCUT2D eigenvalue weighted by Crippen LogP contribution is 2.26. The molecular formula is C20H32O8. The number of carbonyl (C=O) groups is 4. The van der Waals surface area contributed by atoms with Crippen molar-refractivity contribution in [3.8, 4) is 0 Å². The number of carboxylic acids is 1. The standard InChI is InChI=1S/C20H32O8/c1-4-5-6-7-8-11-15(21)12-9-10-13-16(18(23)24)20(26,19(25)28-3)14-17(22)27-2/h10,13,16,26H,4-9,11-12,14H2,1-3H3,(H,23,24)/b13-10+/t16-,20+/m1/s1. The summed E-state index contributed by atoms with van der Waals surface area (Å²) in [5.74, 6) is -5.35. The molecule has 0 amide bonds. The summed E-state index contributed by atoms with van der Waals surface area (Å²) in [7, 11) is 2.03. The van der Waals surface area contributed by atoms with Crippen molar-refractivity contribution in [3.05, 3.63) is 12.2 Å². The fourth-order valence-corrected chi connectivity index (χ4v) is 2.75. The Labute approximate surface area is 165 Å². The van der Waals surface area contributed by atoms with Gasteiger partial charge in [-0.25, -0.2) is 4.79 Å². The molecule has 0 aromatic carbocycles. The summed E-state index contributed by atoms with van der Waals surface area (Å²) in [4.78, 5) is 46.9. The van der Waals surface area contributed by atoms with E-state index in [-0.39, 0.29) is 18.6 Å². The molecular weight excluding hydrogens is 368 g/mol. The summed E-state index contributed by atoms with van der Waals surface area (Å²) in [5, 5.41) is 19.9. The van der Waals surface area contributed by atoms with E-state index in [2.05, 4.69) is 16.4 Å². The molecule has 0 bridgehead atoms. The monoisotopic (exact) mass is 400 g/mol. The average Bonchev–Trinajstić information content (AvgIpc) is 2.66. The Morgan fingerprint density at radius 3 is 2.18 bits per heavy atom. The van der Waals surface area contributed by atoms with E-state index < -0.39 is 35.8 Å². The molecule has 28 heavy (non-hydrogen) atoms. The van der Waals surface area contributed by atoms with Crippen LogP contribution in [0.5, 0.6) is 0 Å². The van der Waals surface area contributed by atoms with Gasteiger partial charge in [-0.1, -0.05) is 44.8 Å². The second kappa shape index (κ2) is 13.9. The quantitative estimate of drug-likeness (QED) is 0.244. The van der Waals surface area contributed by atoms with Crippen LogP contribution in [0.25, 0.3) is 0 Å². The maximum absolute atomic E-state index is 11.9. The molecule has 0 unspecified atom stereocenters. The van der Waals surface area contributed by atoms with Gasteiger partial charge in [0.25, 0.3) is 0 Å². The minimum absolute atomic E-state index is 0.0748. The average molecular weight is 400 g/mol. The number of carbonyl (C=O) groups excluding carboxylic acids is 3. The van der Waals surface area contributed by atoms with Crippen LogP contribution in [-0.2, 0) is 28.7 Å². The minimum atomic E-state index is -2.60. The van der Waals surface area contributed by atoms with Crippen LogP contribution >= 0.6 is 0 Å². The van der Waals surface area contributed by atoms with Gasteiger partial charge in [0.05, 0.1) is 20.6 Å². The molecule has 8 heteroatoms. The predicted molar refractivity (Wildman–Crippen MR) is 101 cm³/mol. The maximum Gasteiger partial charge on any atom is 0.339 e. The van der Waals surface area contributed by atoms with E-state index in [1.165, 1.54) is 6.08 Å². The number of aliphatic carboxylic acids is 1. The SMILES string of the molecule is CCCCCCCC(=O)CC/C=C/[C@H](C(=O)O)[C@@](O)(CC(=O)OC)C(=O)OC. The zero-order chi connectivity index (χ0) is 21.6. The first kappa shape index (κ1) is 25.8. The van der Waals surface area contributed by atoms with Gasteiger partial charge in [0.1, 0.15) is 11.7 Å². The lowest BCUT2D eigenvalue weighted by atomic mass is 9.83. The van der Waals surface area contributed by atoms with E-state index in [0.717, 1.165) is 52.4 Å². The maximum atomic E-state index is 11.9.